The molecule has 0 fully saturated rings. The van der Waals surface area contributed by atoms with E-state index < -0.39 is 0 Å². The van der Waals surface area contributed by atoms with Gasteiger partial charge in [-0.2, -0.15) is 16.4 Å². The molecule has 7 heteroatoms. The molecule has 0 amide bonds. The summed E-state index contributed by atoms with van der Waals surface area (Å²) in [5, 5.41) is 11.7. The molecule has 2 N–H and O–H groups in total. The Balaban J connectivity index is 1.62. The van der Waals surface area contributed by atoms with Crippen LogP contribution in [0.15, 0.2) is 72.2 Å². The number of allylic oxidation sites excluding steroid dienone is 2. The molecule has 0 spiro atoms. The third-order valence-corrected chi connectivity index (χ3v) is 5.53. The monoisotopic (exact) mass is 410 g/mol. The number of hydrogen-bond acceptors (Lipinski definition) is 5. The molecule has 5 aromatic rings. The van der Waals surface area contributed by atoms with Crippen LogP contribution in [0.25, 0.3) is 39.4 Å². The molecule has 0 unspecified atom stereocenters. The Kier molecular flexibility index (Phi) is 4.57. The maximum Gasteiger partial charge on any atom is 0.161 e. The van der Waals surface area contributed by atoms with Gasteiger partial charge < -0.3 is 4.98 Å². The van der Waals surface area contributed by atoms with Crippen LogP contribution in [0, 0.1) is 6.92 Å². The molecule has 6 nitrogen and oxygen atoms in total. The van der Waals surface area contributed by atoms with Crippen molar-refractivity contribution in [3.63, 3.8) is 0 Å². The van der Waals surface area contributed by atoms with Gasteiger partial charge in [-0.25, -0.2) is 9.97 Å². The van der Waals surface area contributed by atoms with E-state index in [0.717, 1.165) is 44.8 Å². The van der Waals surface area contributed by atoms with E-state index in [1.165, 1.54) is 0 Å². The number of aryl methyl sites for hydroxylation is 1. The summed E-state index contributed by atoms with van der Waals surface area (Å²) in [5.74, 6) is 0.676. The molecule has 5 aromatic heterocycles. The van der Waals surface area contributed by atoms with Crippen molar-refractivity contribution in [2.45, 2.75) is 6.92 Å². The fourth-order valence-electron chi connectivity index (χ4n) is 3.42. The molecule has 0 saturated carbocycles. The second kappa shape index (κ2) is 7.53. The topological polar surface area (TPSA) is 83.1 Å². The summed E-state index contributed by atoms with van der Waals surface area (Å²) >= 11 is 1.65. The number of aromatic nitrogens is 6. The van der Waals surface area contributed by atoms with Gasteiger partial charge in [0.2, 0.25) is 0 Å². The Morgan fingerprint density at radius 2 is 2.10 bits per heavy atom. The molecule has 146 valence electrons. The summed E-state index contributed by atoms with van der Waals surface area (Å²) in [7, 11) is 0. The Labute approximate surface area is 177 Å². The van der Waals surface area contributed by atoms with Crippen molar-refractivity contribution in [1.29, 1.82) is 0 Å². The Morgan fingerprint density at radius 1 is 1.17 bits per heavy atom. The minimum atomic E-state index is 0.676. The molecular formula is C23H18N6S. The number of H-pyrrole nitrogens is 2. The van der Waals surface area contributed by atoms with Crippen molar-refractivity contribution in [1.82, 2.24) is 30.1 Å². The number of aromatic amines is 2. The van der Waals surface area contributed by atoms with Gasteiger partial charge in [0.05, 0.1) is 16.9 Å². The van der Waals surface area contributed by atoms with Crippen molar-refractivity contribution in [3.05, 3.63) is 89.2 Å². The Hall–Kier alpha value is -3.84. The molecule has 0 aliphatic heterocycles. The number of thiophene rings is 1. The van der Waals surface area contributed by atoms with Crippen LogP contribution in [0.3, 0.4) is 0 Å². The zero-order valence-corrected chi connectivity index (χ0v) is 17.1. The lowest BCUT2D eigenvalue weighted by molar-refractivity contribution is 1.10. The minimum absolute atomic E-state index is 0.676. The first-order valence-electron chi connectivity index (χ1n) is 9.43. The minimum Gasteiger partial charge on any atom is -0.340 e. The van der Waals surface area contributed by atoms with E-state index >= 15 is 0 Å². The van der Waals surface area contributed by atoms with Gasteiger partial charge in [-0.3, -0.25) is 10.1 Å². The van der Waals surface area contributed by atoms with Gasteiger partial charge in [0.1, 0.15) is 5.52 Å². The molecule has 0 aliphatic carbocycles. The van der Waals surface area contributed by atoms with Crippen LogP contribution < -0.4 is 0 Å². The van der Waals surface area contributed by atoms with Crippen molar-refractivity contribution >= 4 is 27.9 Å². The van der Waals surface area contributed by atoms with Gasteiger partial charge in [0, 0.05) is 29.2 Å². The lowest BCUT2D eigenvalue weighted by Gasteiger charge is -2.02. The second-order valence-electron chi connectivity index (χ2n) is 6.79. The molecule has 0 bridgehead atoms. The predicted octanol–water partition coefficient (Wildman–Crippen LogP) is 5.40. The van der Waals surface area contributed by atoms with E-state index in [-0.39, 0.29) is 0 Å². The van der Waals surface area contributed by atoms with Gasteiger partial charge in [-0.15, -0.1) is 0 Å². The first kappa shape index (κ1) is 18.2. The summed E-state index contributed by atoms with van der Waals surface area (Å²) in [4.78, 5) is 17.3. The number of hydrogen-bond donors (Lipinski definition) is 2. The number of nitrogens with one attached hydrogen (secondary N) is 2. The normalized spacial score (nSPS) is 11.8. The number of rotatable bonds is 5. The van der Waals surface area contributed by atoms with E-state index in [1.807, 2.05) is 37.3 Å². The highest BCUT2D eigenvalue weighted by Crippen LogP contribution is 2.31. The first-order chi connectivity index (χ1) is 14.7. The molecule has 5 heterocycles. The smallest absolute Gasteiger partial charge is 0.161 e. The molecule has 0 atom stereocenters. The van der Waals surface area contributed by atoms with Crippen LogP contribution in [0.1, 0.15) is 17.0 Å². The largest absolute Gasteiger partial charge is 0.340 e. The van der Waals surface area contributed by atoms with E-state index in [0.29, 0.717) is 11.5 Å². The number of fused-ring (bicyclic) bond motifs is 1. The van der Waals surface area contributed by atoms with Crippen LogP contribution in [0.5, 0.6) is 0 Å². The lowest BCUT2D eigenvalue weighted by atomic mass is 10.0. The molecule has 0 aromatic carbocycles. The van der Waals surface area contributed by atoms with Crippen LogP contribution >= 0.6 is 11.3 Å². The van der Waals surface area contributed by atoms with Crippen molar-refractivity contribution in [3.8, 4) is 22.8 Å². The summed E-state index contributed by atoms with van der Waals surface area (Å²) in [6.07, 6.45) is 7.32. The van der Waals surface area contributed by atoms with Crippen molar-refractivity contribution < 1.29 is 0 Å². The highest BCUT2D eigenvalue weighted by atomic mass is 32.1. The summed E-state index contributed by atoms with van der Waals surface area (Å²) in [6, 6.07) is 9.91. The highest BCUT2D eigenvalue weighted by molar-refractivity contribution is 7.08. The molecule has 0 aliphatic rings. The maximum absolute atomic E-state index is 4.88. The molecule has 30 heavy (non-hydrogen) atoms. The average molecular weight is 411 g/mol. The fourth-order valence-corrected chi connectivity index (χ4v) is 4.08. The van der Waals surface area contributed by atoms with Crippen LogP contribution in [-0.2, 0) is 0 Å². The second-order valence-corrected chi connectivity index (χ2v) is 7.57. The fraction of sp³-hybridized carbons (Fsp3) is 0.0435. The third-order valence-electron chi connectivity index (χ3n) is 4.85. The van der Waals surface area contributed by atoms with Gasteiger partial charge in [-0.1, -0.05) is 18.7 Å². The number of pyridine rings is 2. The quantitative estimate of drug-likeness (QED) is 0.380. The number of nitrogens with zero attached hydrogens (tertiary/aromatic N) is 4. The predicted molar refractivity (Wildman–Crippen MR) is 121 cm³/mol. The summed E-state index contributed by atoms with van der Waals surface area (Å²) < 4.78 is 0. The zero-order valence-electron chi connectivity index (χ0n) is 16.3. The third kappa shape index (κ3) is 3.15. The Bertz CT molecular complexity index is 1360. The molecular weight excluding hydrogens is 392 g/mol. The highest BCUT2D eigenvalue weighted by Gasteiger charge is 2.18. The Morgan fingerprint density at radius 3 is 2.87 bits per heavy atom. The van der Waals surface area contributed by atoms with E-state index in [2.05, 4.69) is 43.6 Å². The summed E-state index contributed by atoms with van der Waals surface area (Å²) in [5.41, 5.74) is 8.08. The molecule has 5 rings (SSSR count). The van der Waals surface area contributed by atoms with Crippen molar-refractivity contribution in [2.75, 3.05) is 0 Å². The summed E-state index contributed by atoms with van der Waals surface area (Å²) in [6.45, 7) is 5.87. The van der Waals surface area contributed by atoms with E-state index in [4.69, 9.17) is 9.97 Å². The molecule has 0 radical (unpaired) electrons. The van der Waals surface area contributed by atoms with E-state index in [1.54, 1.807) is 29.8 Å². The standard InChI is InChI=1S/C23H18N6S/c1-3-5-17(16-9-11-30-13-16)20-14(2)25-23(27-20)22-21-19(28-29-22)8-7-18(26-21)15-6-4-10-24-12-15/h3-13H,1H2,2H3,(H,25,27)(H,28,29)/b17-5-. The lowest BCUT2D eigenvalue weighted by Crippen LogP contribution is -1.90. The SMILES string of the molecule is C=C/C=C(/c1ccsc1)c1nc(-c2n[nH]c3ccc(-c4cccnc4)nc23)[nH]c1C. The average Bonchev–Trinajstić information content (AvgIpc) is 3.52. The van der Waals surface area contributed by atoms with E-state index in [9.17, 15) is 0 Å². The van der Waals surface area contributed by atoms with Gasteiger partial charge >= 0.3 is 0 Å². The van der Waals surface area contributed by atoms with Gasteiger partial charge in [0.25, 0.3) is 0 Å². The van der Waals surface area contributed by atoms with Gasteiger partial charge in [0.15, 0.2) is 11.5 Å². The van der Waals surface area contributed by atoms with Crippen molar-refractivity contribution in [2.24, 2.45) is 0 Å². The zero-order chi connectivity index (χ0) is 20.5. The first-order valence-corrected chi connectivity index (χ1v) is 10.4. The maximum atomic E-state index is 4.88. The van der Waals surface area contributed by atoms with Gasteiger partial charge in [-0.05, 0) is 53.6 Å². The van der Waals surface area contributed by atoms with Crippen LogP contribution in [-0.4, -0.2) is 30.1 Å². The van der Waals surface area contributed by atoms with Crippen LogP contribution in [0.2, 0.25) is 0 Å². The molecule has 0 saturated heterocycles. The van der Waals surface area contributed by atoms with Crippen LogP contribution in [0.4, 0.5) is 0 Å². The number of imidazole rings is 1.